The van der Waals surface area contributed by atoms with Crippen molar-refractivity contribution in [3.8, 4) is 0 Å². The molecule has 0 aliphatic carbocycles. The summed E-state index contributed by atoms with van der Waals surface area (Å²) in [7, 11) is 0. The number of carbonyl (C=O) groups is 2. The van der Waals surface area contributed by atoms with Gasteiger partial charge in [-0.25, -0.2) is 0 Å². The molecule has 6 heteroatoms. The van der Waals surface area contributed by atoms with Crippen molar-refractivity contribution in [2.45, 2.75) is 12.1 Å². The van der Waals surface area contributed by atoms with Crippen molar-refractivity contribution in [2.24, 2.45) is 0 Å². The van der Waals surface area contributed by atoms with Crippen molar-refractivity contribution in [3.63, 3.8) is 0 Å². The maximum absolute atomic E-state index is 12.5. The highest BCUT2D eigenvalue weighted by Crippen LogP contribution is 2.41. The minimum atomic E-state index is -0.402. The highest BCUT2D eigenvalue weighted by molar-refractivity contribution is 9.10. The molecule has 2 atom stereocenters. The molecule has 0 radical (unpaired) electrons. The maximum Gasteiger partial charge on any atom is 0.250 e. The van der Waals surface area contributed by atoms with E-state index in [1.165, 1.54) is 0 Å². The van der Waals surface area contributed by atoms with E-state index in [1.807, 2.05) is 48.5 Å². The summed E-state index contributed by atoms with van der Waals surface area (Å²) < 4.78 is 1.90. The summed E-state index contributed by atoms with van der Waals surface area (Å²) in [5.41, 5.74) is 2.83. The average molecular weight is 448 g/mol. The number of nitrogens with one attached hydrogen (secondary N) is 2. The minimum Gasteiger partial charge on any atom is -0.341 e. The van der Waals surface area contributed by atoms with Crippen LogP contribution in [-0.2, 0) is 9.59 Å². The summed E-state index contributed by atoms with van der Waals surface area (Å²) in [4.78, 5) is 25.0. The quantitative estimate of drug-likeness (QED) is 0.739. The Morgan fingerprint density at radius 1 is 0.625 bits per heavy atom. The fourth-order valence-corrected chi connectivity index (χ4v) is 3.72. The van der Waals surface area contributed by atoms with Gasteiger partial charge in [0.1, 0.15) is 0 Å². The van der Waals surface area contributed by atoms with E-state index >= 15 is 0 Å². The molecule has 0 bridgehead atoms. The van der Waals surface area contributed by atoms with Crippen molar-refractivity contribution in [1.82, 2.24) is 10.6 Å². The van der Waals surface area contributed by atoms with Crippen molar-refractivity contribution in [3.05, 3.63) is 79.7 Å². The van der Waals surface area contributed by atoms with Crippen LogP contribution in [0.1, 0.15) is 23.2 Å². The summed E-state index contributed by atoms with van der Waals surface area (Å²) in [5.74, 6) is -0.381. The molecule has 24 heavy (non-hydrogen) atoms. The van der Waals surface area contributed by atoms with E-state index in [0.717, 1.165) is 20.1 Å². The molecule has 2 aliphatic rings. The second-order valence-electron chi connectivity index (χ2n) is 5.74. The molecule has 2 amide bonds. The van der Waals surface area contributed by atoms with E-state index in [0.29, 0.717) is 11.1 Å². The summed E-state index contributed by atoms with van der Waals surface area (Å²) in [5, 5.41) is 5.87. The molecule has 2 aromatic rings. The molecule has 0 aromatic heterocycles. The third-order valence-electron chi connectivity index (χ3n) is 4.31. The lowest BCUT2D eigenvalue weighted by Crippen LogP contribution is -2.33. The van der Waals surface area contributed by atoms with Crippen LogP contribution < -0.4 is 10.6 Å². The first-order valence-corrected chi connectivity index (χ1v) is 9.00. The van der Waals surface area contributed by atoms with Crippen LogP contribution in [0.4, 0.5) is 0 Å². The van der Waals surface area contributed by atoms with Gasteiger partial charge >= 0.3 is 0 Å². The van der Waals surface area contributed by atoms with E-state index in [1.54, 1.807) is 0 Å². The van der Waals surface area contributed by atoms with Crippen molar-refractivity contribution >= 4 is 43.7 Å². The largest absolute Gasteiger partial charge is 0.341 e. The molecule has 0 saturated carbocycles. The van der Waals surface area contributed by atoms with Gasteiger partial charge in [0.25, 0.3) is 11.8 Å². The zero-order valence-electron chi connectivity index (χ0n) is 12.3. The van der Waals surface area contributed by atoms with Gasteiger partial charge in [-0.1, -0.05) is 56.1 Å². The Morgan fingerprint density at radius 2 is 0.958 bits per heavy atom. The van der Waals surface area contributed by atoms with Crippen LogP contribution in [-0.4, -0.2) is 11.8 Å². The average Bonchev–Trinajstić information content (AvgIpc) is 3.08. The van der Waals surface area contributed by atoms with Crippen LogP contribution in [0.3, 0.4) is 0 Å². The first-order chi connectivity index (χ1) is 11.5. The summed E-state index contributed by atoms with van der Waals surface area (Å²) in [6.45, 7) is 0. The molecular weight excluding hydrogens is 436 g/mol. The number of benzene rings is 2. The lowest BCUT2D eigenvalue weighted by atomic mass is 9.95. The number of hydrogen-bond donors (Lipinski definition) is 2. The molecule has 2 aromatic carbocycles. The normalized spacial score (nSPS) is 22.4. The Morgan fingerprint density at radius 3 is 1.29 bits per heavy atom. The van der Waals surface area contributed by atoms with Crippen LogP contribution in [0.15, 0.2) is 68.6 Å². The number of hydrogen-bond acceptors (Lipinski definition) is 2. The fraction of sp³-hybridized carbons (Fsp3) is 0.111. The summed E-state index contributed by atoms with van der Waals surface area (Å²) in [6.07, 6.45) is 0. The topological polar surface area (TPSA) is 58.2 Å². The van der Waals surface area contributed by atoms with E-state index in [-0.39, 0.29) is 11.8 Å². The maximum atomic E-state index is 12.5. The van der Waals surface area contributed by atoms with Gasteiger partial charge in [0.15, 0.2) is 0 Å². The van der Waals surface area contributed by atoms with E-state index < -0.39 is 12.1 Å². The Kier molecular flexibility index (Phi) is 3.81. The zero-order chi connectivity index (χ0) is 16.8. The Balaban J connectivity index is 1.76. The van der Waals surface area contributed by atoms with Crippen molar-refractivity contribution in [1.29, 1.82) is 0 Å². The molecule has 2 N–H and O–H groups in total. The lowest BCUT2D eigenvalue weighted by Gasteiger charge is -2.17. The molecule has 2 heterocycles. The monoisotopic (exact) mass is 446 g/mol. The molecule has 2 unspecified atom stereocenters. The van der Waals surface area contributed by atoms with Gasteiger partial charge in [0, 0.05) is 8.95 Å². The number of rotatable bonds is 2. The third-order valence-corrected chi connectivity index (χ3v) is 5.37. The predicted octanol–water partition coefficient (Wildman–Crippen LogP) is 3.55. The Labute approximate surface area is 155 Å². The van der Waals surface area contributed by atoms with Gasteiger partial charge in [0.2, 0.25) is 0 Å². The van der Waals surface area contributed by atoms with Gasteiger partial charge in [-0.15, -0.1) is 0 Å². The fourth-order valence-electron chi connectivity index (χ4n) is 3.19. The molecule has 4 nitrogen and oxygen atoms in total. The smallest absolute Gasteiger partial charge is 0.250 e. The van der Waals surface area contributed by atoms with Crippen molar-refractivity contribution in [2.75, 3.05) is 0 Å². The predicted molar refractivity (Wildman–Crippen MR) is 97.1 cm³/mol. The lowest BCUT2D eigenvalue weighted by molar-refractivity contribution is -0.118. The highest BCUT2D eigenvalue weighted by Gasteiger charge is 2.45. The van der Waals surface area contributed by atoms with Gasteiger partial charge in [-0.05, 0) is 35.4 Å². The number of amides is 2. The standard InChI is InChI=1S/C18H12Br2N2O2/c19-11-5-1-9(2-6-11)15-13-14(18(24)21-15)16(22-17(13)23)10-3-7-12(20)8-4-10/h1-8,15-16H,(H,21,24)(H,22,23). The Hall–Kier alpha value is -1.92. The van der Waals surface area contributed by atoms with Crippen LogP contribution in [0.5, 0.6) is 0 Å². The van der Waals surface area contributed by atoms with Crippen LogP contribution in [0, 0.1) is 0 Å². The zero-order valence-corrected chi connectivity index (χ0v) is 15.5. The highest BCUT2D eigenvalue weighted by atomic mass is 79.9. The molecular formula is C18H12Br2N2O2. The first-order valence-electron chi connectivity index (χ1n) is 7.41. The second kappa shape index (κ2) is 5.86. The van der Waals surface area contributed by atoms with E-state index in [4.69, 9.17) is 0 Å². The third kappa shape index (κ3) is 2.50. The molecule has 120 valence electrons. The molecule has 4 rings (SSSR count). The van der Waals surface area contributed by atoms with Crippen LogP contribution >= 0.6 is 31.9 Å². The number of halogens is 2. The second-order valence-corrected chi connectivity index (χ2v) is 7.57. The summed E-state index contributed by atoms with van der Waals surface area (Å²) in [6, 6.07) is 14.4. The van der Waals surface area contributed by atoms with Crippen molar-refractivity contribution < 1.29 is 9.59 Å². The first kappa shape index (κ1) is 15.6. The molecule has 0 saturated heterocycles. The number of carbonyl (C=O) groups excluding carboxylic acids is 2. The van der Waals surface area contributed by atoms with Crippen LogP contribution in [0.2, 0.25) is 0 Å². The SMILES string of the molecule is O=C1NC(c2ccc(Br)cc2)C2=C1C(c1ccc(Br)cc1)NC2=O. The Bertz CT molecular complexity index is 799. The van der Waals surface area contributed by atoms with Gasteiger partial charge in [-0.2, -0.15) is 0 Å². The van der Waals surface area contributed by atoms with Gasteiger partial charge < -0.3 is 10.6 Å². The van der Waals surface area contributed by atoms with Crippen LogP contribution in [0.25, 0.3) is 0 Å². The summed E-state index contributed by atoms with van der Waals surface area (Å²) >= 11 is 6.80. The van der Waals surface area contributed by atoms with E-state index in [2.05, 4.69) is 42.5 Å². The minimum absolute atomic E-state index is 0.191. The van der Waals surface area contributed by atoms with E-state index in [9.17, 15) is 9.59 Å². The van der Waals surface area contributed by atoms with Gasteiger partial charge in [0.05, 0.1) is 23.2 Å². The molecule has 0 spiro atoms. The van der Waals surface area contributed by atoms with Gasteiger partial charge in [-0.3, -0.25) is 9.59 Å². The molecule has 0 fully saturated rings. The molecule has 2 aliphatic heterocycles.